The predicted molar refractivity (Wildman–Crippen MR) is 74.6 cm³/mol. The molecule has 1 amide bonds. The van der Waals surface area contributed by atoms with Crippen molar-refractivity contribution in [3.05, 3.63) is 16.6 Å². The molecule has 1 aromatic rings. The van der Waals surface area contributed by atoms with Gasteiger partial charge >= 0.3 is 0 Å². The summed E-state index contributed by atoms with van der Waals surface area (Å²) in [7, 11) is 0. The fraction of sp³-hybridized carbons (Fsp3) is 0.692. The van der Waals surface area contributed by atoms with Gasteiger partial charge in [0, 0.05) is 37.8 Å². The molecule has 7 heteroatoms. The first kappa shape index (κ1) is 13.9. The highest BCUT2D eigenvalue weighted by Crippen LogP contribution is 2.23. The Kier molecular flexibility index (Phi) is 4.62. The Hall–Kier alpha value is -1.02. The first-order valence-corrected chi connectivity index (χ1v) is 7.80. The van der Waals surface area contributed by atoms with Gasteiger partial charge in [0.2, 0.25) is 5.91 Å². The summed E-state index contributed by atoms with van der Waals surface area (Å²) in [6, 6.07) is 0. The third-order valence-electron chi connectivity index (χ3n) is 3.60. The van der Waals surface area contributed by atoms with Crippen molar-refractivity contribution in [2.45, 2.75) is 6.10 Å². The number of hydrogen-bond donors (Lipinski definition) is 0. The third kappa shape index (κ3) is 3.35. The number of nitrogens with zero attached hydrogens (tertiary/aromatic N) is 3. The summed E-state index contributed by atoms with van der Waals surface area (Å²) in [5, 5.41) is 2.95. The van der Waals surface area contributed by atoms with Gasteiger partial charge in [0.25, 0.3) is 0 Å². The lowest BCUT2D eigenvalue weighted by atomic mass is 10.2. The Morgan fingerprint density at radius 3 is 2.95 bits per heavy atom. The molecule has 1 unspecified atom stereocenters. The molecule has 0 aromatic carbocycles. The molecule has 2 saturated heterocycles. The first-order valence-electron chi connectivity index (χ1n) is 6.92. The van der Waals surface area contributed by atoms with Crippen molar-refractivity contribution in [1.29, 1.82) is 0 Å². The second-order valence-electron chi connectivity index (χ2n) is 4.96. The summed E-state index contributed by atoms with van der Waals surface area (Å²) in [5.74, 6) is 0.188. The Bertz CT molecular complexity index is 434. The number of thiazole rings is 1. The summed E-state index contributed by atoms with van der Waals surface area (Å²) in [5.41, 5.74) is 0. The van der Waals surface area contributed by atoms with Gasteiger partial charge in [0.1, 0.15) is 11.1 Å². The van der Waals surface area contributed by atoms with Crippen LogP contribution >= 0.6 is 11.3 Å². The van der Waals surface area contributed by atoms with Crippen LogP contribution in [-0.2, 0) is 14.3 Å². The molecule has 2 aliphatic heterocycles. The van der Waals surface area contributed by atoms with E-state index in [0.717, 1.165) is 18.1 Å². The van der Waals surface area contributed by atoms with Crippen molar-refractivity contribution in [3.8, 4) is 0 Å². The second kappa shape index (κ2) is 6.62. The minimum atomic E-state index is 0.00115. The van der Waals surface area contributed by atoms with Crippen molar-refractivity contribution in [2.24, 2.45) is 0 Å². The van der Waals surface area contributed by atoms with Gasteiger partial charge in [0.05, 0.1) is 26.4 Å². The fourth-order valence-electron chi connectivity index (χ4n) is 2.49. The molecule has 6 nitrogen and oxygen atoms in total. The standard InChI is InChI=1S/C13H19N3O3S/c17-12(16-3-5-18-6-4-16)10-15-2-7-19-11(9-15)13-14-1-8-20-13/h1,8,11H,2-7,9-10H2. The maximum absolute atomic E-state index is 12.2. The van der Waals surface area contributed by atoms with E-state index in [1.807, 2.05) is 10.3 Å². The van der Waals surface area contributed by atoms with Crippen LogP contribution in [0, 0.1) is 0 Å². The number of rotatable bonds is 3. The molecule has 3 rings (SSSR count). The Morgan fingerprint density at radius 1 is 1.35 bits per heavy atom. The van der Waals surface area contributed by atoms with Crippen LogP contribution in [0.25, 0.3) is 0 Å². The number of carbonyl (C=O) groups is 1. The lowest BCUT2D eigenvalue weighted by Crippen LogP contribution is -2.48. The first-order chi connectivity index (χ1) is 9.83. The summed E-state index contributed by atoms with van der Waals surface area (Å²) < 4.78 is 11.0. The van der Waals surface area contributed by atoms with Crippen LogP contribution < -0.4 is 0 Å². The molecular formula is C13H19N3O3S. The average molecular weight is 297 g/mol. The molecular weight excluding hydrogens is 278 g/mol. The molecule has 0 radical (unpaired) electrons. The van der Waals surface area contributed by atoms with Gasteiger partial charge < -0.3 is 14.4 Å². The quantitative estimate of drug-likeness (QED) is 0.807. The van der Waals surface area contributed by atoms with E-state index in [2.05, 4.69) is 9.88 Å². The van der Waals surface area contributed by atoms with Crippen molar-refractivity contribution in [3.63, 3.8) is 0 Å². The van der Waals surface area contributed by atoms with E-state index in [4.69, 9.17) is 9.47 Å². The summed E-state index contributed by atoms with van der Waals surface area (Å²) in [4.78, 5) is 20.6. The van der Waals surface area contributed by atoms with Crippen molar-refractivity contribution < 1.29 is 14.3 Å². The zero-order valence-corrected chi connectivity index (χ0v) is 12.2. The van der Waals surface area contributed by atoms with Gasteiger partial charge in [-0.15, -0.1) is 11.3 Å². The molecule has 1 atom stereocenters. The molecule has 20 heavy (non-hydrogen) atoms. The predicted octanol–water partition coefficient (Wildman–Crippen LogP) is 0.375. The lowest BCUT2D eigenvalue weighted by molar-refractivity contribution is -0.138. The van der Waals surface area contributed by atoms with Gasteiger partial charge in [-0.05, 0) is 0 Å². The Labute approximate surface area is 122 Å². The van der Waals surface area contributed by atoms with Crippen LogP contribution in [0.3, 0.4) is 0 Å². The topological polar surface area (TPSA) is 54.9 Å². The van der Waals surface area contributed by atoms with E-state index in [1.54, 1.807) is 17.5 Å². The highest BCUT2D eigenvalue weighted by molar-refractivity contribution is 7.09. The largest absolute Gasteiger partial charge is 0.378 e. The van der Waals surface area contributed by atoms with Crippen LogP contribution in [0.15, 0.2) is 11.6 Å². The van der Waals surface area contributed by atoms with E-state index in [-0.39, 0.29) is 12.0 Å². The summed E-state index contributed by atoms with van der Waals surface area (Å²) >= 11 is 1.60. The average Bonchev–Trinajstić information content (AvgIpc) is 3.03. The van der Waals surface area contributed by atoms with Gasteiger partial charge in [-0.1, -0.05) is 0 Å². The number of hydrogen-bond acceptors (Lipinski definition) is 6. The Morgan fingerprint density at radius 2 is 2.20 bits per heavy atom. The van der Waals surface area contributed by atoms with E-state index in [0.29, 0.717) is 39.5 Å². The molecule has 3 heterocycles. The maximum atomic E-state index is 12.2. The lowest BCUT2D eigenvalue weighted by Gasteiger charge is -2.34. The molecule has 0 spiro atoms. The van der Waals surface area contributed by atoms with E-state index in [1.165, 1.54) is 0 Å². The molecule has 1 aromatic heterocycles. The smallest absolute Gasteiger partial charge is 0.236 e. The van der Waals surface area contributed by atoms with E-state index >= 15 is 0 Å². The van der Waals surface area contributed by atoms with Gasteiger partial charge in [0.15, 0.2) is 0 Å². The van der Waals surface area contributed by atoms with Crippen LogP contribution in [0.2, 0.25) is 0 Å². The van der Waals surface area contributed by atoms with Crippen LogP contribution in [0.4, 0.5) is 0 Å². The fourth-order valence-corrected chi connectivity index (χ4v) is 3.17. The molecule has 0 aliphatic carbocycles. The van der Waals surface area contributed by atoms with Crippen molar-refractivity contribution >= 4 is 17.2 Å². The zero-order chi connectivity index (χ0) is 13.8. The minimum Gasteiger partial charge on any atom is -0.378 e. The third-order valence-corrected chi connectivity index (χ3v) is 4.47. The zero-order valence-electron chi connectivity index (χ0n) is 11.4. The van der Waals surface area contributed by atoms with Crippen LogP contribution in [-0.4, -0.2) is 73.2 Å². The molecule has 2 aliphatic rings. The number of amides is 1. The number of aromatic nitrogens is 1. The second-order valence-corrected chi connectivity index (χ2v) is 5.88. The van der Waals surface area contributed by atoms with Crippen molar-refractivity contribution in [2.75, 3.05) is 52.5 Å². The van der Waals surface area contributed by atoms with Crippen LogP contribution in [0.5, 0.6) is 0 Å². The molecule has 2 fully saturated rings. The van der Waals surface area contributed by atoms with E-state index < -0.39 is 0 Å². The SMILES string of the molecule is O=C(CN1CCOC(c2nccs2)C1)N1CCOCC1. The number of ether oxygens (including phenoxy) is 2. The molecule has 0 bridgehead atoms. The van der Waals surface area contributed by atoms with Crippen LogP contribution in [0.1, 0.15) is 11.1 Å². The van der Waals surface area contributed by atoms with Gasteiger partial charge in [-0.2, -0.15) is 0 Å². The van der Waals surface area contributed by atoms with Gasteiger partial charge in [-0.25, -0.2) is 4.98 Å². The summed E-state index contributed by atoms with van der Waals surface area (Å²) in [6.45, 7) is 5.37. The minimum absolute atomic E-state index is 0.00115. The monoisotopic (exact) mass is 297 g/mol. The number of carbonyl (C=O) groups excluding carboxylic acids is 1. The maximum Gasteiger partial charge on any atom is 0.236 e. The van der Waals surface area contributed by atoms with Gasteiger partial charge in [-0.3, -0.25) is 9.69 Å². The number of morpholine rings is 2. The highest BCUT2D eigenvalue weighted by atomic mass is 32.1. The molecule has 0 N–H and O–H groups in total. The Balaban J connectivity index is 1.53. The highest BCUT2D eigenvalue weighted by Gasteiger charge is 2.26. The molecule has 0 saturated carbocycles. The summed E-state index contributed by atoms with van der Waals surface area (Å²) in [6.07, 6.45) is 1.79. The molecule has 110 valence electrons. The van der Waals surface area contributed by atoms with Crippen molar-refractivity contribution in [1.82, 2.24) is 14.8 Å². The normalized spacial score (nSPS) is 24.8. The van der Waals surface area contributed by atoms with E-state index in [9.17, 15) is 4.79 Å².